The molecule has 2 aliphatic heterocycles. The van der Waals surface area contributed by atoms with Crippen LogP contribution in [0.2, 0.25) is 0 Å². The number of morpholine rings is 1. The molecule has 0 spiro atoms. The number of ether oxygens (including phenoxy) is 1. The van der Waals surface area contributed by atoms with Gasteiger partial charge in [0.15, 0.2) is 0 Å². The second kappa shape index (κ2) is 6.92. The minimum Gasteiger partial charge on any atom is -0.378 e. The molecule has 2 aromatic rings. The third-order valence-electron chi connectivity index (χ3n) is 4.77. The van der Waals surface area contributed by atoms with E-state index in [-0.39, 0.29) is 11.8 Å². The van der Waals surface area contributed by atoms with Crippen LogP contribution in [0.15, 0.2) is 41.6 Å². The highest BCUT2D eigenvalue weighted by molar-refractivity contribution is 7.85. The van der Waals surface area contributed by atoms with Crippen molar-refractivity contribution in [2.24, 2.45) is 5.10 Å². The standard InChI is InChI=1S/C17H20N4O4S/c22-26(23,24)12-16(15-11-25-10-7-18-15)20-9-6-19-21-8-5-13-3-1-2-4-14(13)17(20)21/h1-6,8,15-16,18H,7,9-12H2/p+1. The third kappa shape index (κ3) is 3.43. The third-order valence-corrected chi connectivity index (χ3v) is 5.53. The number of benzene rings is 1. The Balaban J connectivity index is 1.82. The first kappa shape index (κ1) is 17.3. The van der Waals surface area contributed by atoms with E-state index >= 15 is 0 Å². The summed E-state index contributed by atoms with van der Waals surface area (Å²) < 4.78 is 40.3. The molecule has 2 unspecified atom stereocenters. The van der Waals surface area contributed by atoms with E-state index < -0.39 is 16.2 Å². The average Bonchev–Trinajstić information content (AvgIpc) is 2.65. The predicted molar refractivity (Wildman–Crippen MR) is 98.2 cm³/mol. The number of rotatable bonds is 4. The van der Waals surface area contributed by atoms with E-state index in [0.717, 1.165) is 16.6 Å². The minimum atomic E-state index is -4.17. The number of hydrogen-bond acceptors (Lipinski definition) is 6. The molecule has 1 aromatic carbocycles. The maximum Gasteiger partial charge on any atom is 0.310 e. The first-order valence-electron chi connectivity index (χ1n) is 8.52. The molecule has 1 fully saturated rings. The van der Waals surface area contributed by atoms with Crippen molar-refractivity contribution in [2.75, 3.05) is 37.0 Å². The number of anilines is 1. The Morgan fingerprint density at radius 3 is 3.00 bits per heavy atom. The van der Waals surface area contributed by atoms with Crippen LogP contribution in [-0.4, -0.2) is 63.3 Å². The highest BCUT2D eigenvalue weighted by Gasteiger charge is 2.40. The van der Waals surface area contributed by atoms with Crippen molar-refractivity contribution >= 4 is 32.9 Å². The Morgan fingerprint density at radius 1 is 1.38 bits per heavy atom. The highest BCUT2D eigenvalue weighted by atomic mass is 32.2. The number of nitrogens with zero attached hydrogens (tertiary/aromatic N) is 3. The Kier molecular flexibility index (Phi) is 4.62. The lowest BCUT2D eigenvalue weighted by molar-refractivity contribution is -0.666. The summed E-state index contributed by atoms with van der Waals surface area (Å²) in [7, 11) is -4.17. The van der Waals surface area contributed by atoms with Gasteiger partial charge in [-0.25, -0.2) is 4.90 Å². The summed E-state index contributed by atoms with van der Waals surface area (Å²) in [6, 6.07) is 9.16. The van der Waals surface area contributed by atoms with Crippen molar-refractivity contribution in [3.8, 4) is 0 Å². The smallest absolute Gasteiger partial charge is 0.310 e. The van der Waals surface area contributed by atoms with E-state index in [9.17, 15) is 13.0 Å². The fraction of sp³-hybridized carbons (Fsp3) is 0.412. The van der Waals surface area contributed by atoms with Gasteiger partial charge < -0.3 is 10.1 Å². The molecular weight excluding hydrogens is 356 g/mol. The number of fused-ring (bicyclic) bond motifs is 3. The van der Waals surface area contributed by atoms with E-state index in [2.05, 4.69) is 10.4 Å². The van der Waals surface area contributed by atoms with Crippen molar-refractivity contribution in [1.29, 1.82) is 0 Å². The zero-order valence-electron chi connectivity index (χ0n) is 14.2. The number of aromatic nitrogens is 1. The Labute approximate surface area is 151 Å². The molecule has 8 nitrogen and oxygen atoms in total. The van der Waals surface area contributed by atoms with E-state index in [1.807, 2.05) is 41.4 Å². The monoisotopic (exact) mass is 377 g/mol. The van der Waals surface area contributed by atoms with Gasteiger partial charge in [0.05, 0.1) is 30.9 Å². The van der Waals surface area contributed by atoms with Gasteiger partial charge in [0.25, 0.3) is 10.1 Å². The largest absolute Gasteiger partial charge is 0.378 e. The molecule has 1 aromatic heterocycles. The highest BCUT2D eigenvalue weighted by Crippen LogP contribution is 2.27. The lowest BCUT2D eigenvalue weighted by Gasteiger charge is -2.35. The fourth-order valence-electron chi connectivity index (χ4n) is 3.63. The quantitative estimate of drug-likeness (QED) is 0.577. The van der Waals surface area contributed by atoms with Crippen LogP contribution in [0.25, 0.3) is 10.8 Å². The summed E-state index contributed by atoms with van der Waals surface area (Å²) in [6.45, 7) is 2.07. The average molecular weight is 377 g/mol. The van der Waals surface area contributed by atoms with Crippen molar-refractivity contribution < 1.29 is 22.4 Å². The molecule has 138 valence electrons. The van der Waals surface area contributed by atoms with Gasteiger partial charge in [-0.05, 0) is 17.5 Å². The molecule has 0 bridgehead atoms. The zero-order chi connectivity index (χ0) is 18.1. The summed E-state index contributed by atoms with van der Waals surface area (Å²) in [6.07, 6.45) is 3.60. The van der Waals surface area contributed by atoms with Crippen LogP contribution in [0.3, 0.4) is 0 Å². The van der Waals surface area contributed by atoms with E-state index in [0.29, 0.717) is 26.3 Å². The first-order chi connectivity index (χ1) is 12.5. The van der Waals surface area contributed by atoms with Gasteiger partial charge in [-0.15, -0.1) is 4.68 Å². The Morgan fingerprint density at radius 2 is 2.23 bits per heavy atom. The molecular formula is C17H21N4O4S+. The normalized spacial score (nSPS) is 21.6. The molecule has 0 saturated carbocycles. The SMILES string of the molecule is O=S(=O)(O)CC(C1COCCN1)N1CC=N[n+]2ccc3ccccc3c21. The van der Waals surface area contributed by atoms with Crippen LogP contribution < -0.4 is 14.9 Å². The van der Waals surface area contributed by atoms with Gasteiger partial charge in [0.2, 0.25) is 0 Å². The van der Waals surface area contributed by atoms with Crippen molar-refractivity contribution in [3.63, 3.8) is 0 Å². The molecule has 4 rings (SSSR count). The van der Waals surface area contributed by atoms with Crippen molar-refractivity contribution in [1.82, 2.24) is 5.32 Å². The zero-order valence-corrected chi connectivity index (χ0v) is 15.0. The number of hydrogen-bond donors (Lipinski definition) is 2. The maximum atomic E-state index is 11.7. The summed E-state index contributed by atoms with van der Waals surface area (Å²) >= 11 is 0. The van der Waals surface area contributed by atoms with Gasteiger partial charge in [-0.2, -0.15) is 8.42 Å². The number of pyridine rings is 1. The van der Waals surface area contributed by atoms with Crippen LogP contribution >= 0.6 is 0 Å². The summed E-state index contributed by atoms with van der Waals surface area (Å²) in [5, 5.41) is 9.74. The lowest BCUT2D eigenvalue weighted by Crippen LogP contribution is -2.61. The van der Waals surface area contributed by atoms with Gasteiger partial charge >= 0.3 is 5.82 Å². The Hall–Kier alpha value is -2.07. The van der Waals surface area contributed by atoms with Gasteiger partial charge in [-0.3, -0.25) is 4.55 Å². The van der Waals surface area contributed by atoms with Crippen molar-refractivity contribution in [2.45, 2.75) is 12.1 Å². The molecule has 2 aliphatic rings. The summed E-state index contributed by atoms with van der Waals surface area (Å²) in [4.78, 5) is 1.98. The lowest BCUT2D eigenvalue weighted by atomic mass is 10.1. The molecule has 0 aliphatic carbocycles. The maximum absolute atomic E-state index is 11.7. The second-order valence-corrected chi connectivity index (χ2v) is 7.97. The molecule has 0 amide bonds. The van der Waals surface area contributed by atoms with Crippen LogP contribution in [0.4, 0.5) is 5.82 Å². The molecule has 9 heteroatoms. The fourth-order valence-corrected chi connectivity index (χ4v) is 4.48. The van der Waals surface area contributed by atoms with Crippen LogP contribution in [0, 0.1) is 0 Å². The van der Waals surface area contributed by atoms with Gasteiger partial charge in [0, 0.05) is 6.54 Å². The summed E-state index contributed by atoms with van der Waals surface area (Å²) in [5.41, 5.74) is 0. The topological polar surface area (TPSA) is 95.1 Å². The molecule has 26 heavy (non-hydrogen) atoms. The second-order valence-electron chi connectivity index (χ2n) is 6.47. The van der Waals surface area contributed by atoms with Crippen LogP contribution in [-0.2, 0) is 14.9 Å². The van der Waals surface area contributed by atoms with E-state index in [1.165, 1.54) is 0 Å². The molecule has 2 N–H and O–H groups in total. The molecule has 0 radical (unpaired) electrons. The summed E-state index contributed by atoms with van der Waals surface area (Å²) in [5.74, 6) is 0.428. The van der Waals surface area contributed by atoms with Gasteiger partial charge in [-0.1, -0.05) is 23.3 Å². The van der Waals surface area contributed by atoms with Crippen molar-refractivity contribution in [3.05, 3.63) is 36.5 Å². The van der Waals surface area contributed by atoms with E-state index in [1.54, 1.807) is 10.9 Å². The molecule has 3 heterocycles. The first-order valence-corrected chi connectivity index (χ1v) is 10.1. The Bertz CT molecular complexity index is 941. The van der Waals surface area contributed by atoms with Crippen LogP contribution in [0.1, 0.15) is 0 Å². The van der Waals surface area contributed by atoms with Gasteiger partial charge in [0.1, 0.15) is 24.5 Å². The van der Waals surface area contributed by atoms with E-state index in [4.69, 9.17) is 4.74 Å². The minimum absolute atomic E-state index is 0.218. The van der Waals surface area contributed by atoms with Crippen LogP contribution in [0.5, 0.6) is 0 Å². The molecule has 1 saturated heterocycles. The number of nitrogens with one attached hydrogen (secondary N) is 1. The predicted octanol–water partition coefficient (Wildman–Crippen LogP) is 0.0260. The molecule has 2 atom stereocenters.